The fourth-order valence-electron chi connectivity index (χ4n) is 2.83. The van der Waals surface area contributed by atoms with Gasteiger partial charge in [0.2, 0.25) is 5.91 Å². The van der Waals surface area contributed by atoms with Crippen LogP contribution in [-0.4, -0.2) is 63.2 Å². The molecule has 2 unspecified atom stereocenters. The van der Waals surface area contributed by atoms with Crippen LogP contribution >= 0.6 is 0 Å². The molecule has 0 aromatic carbocycles. The van der Waals surface area contributed by atoms with E-state index in [1.807, 2.05) is 0 Å². The minimum Gasteiger partial charge on any atom is -0.376 e. The number of aliphatic imine (C=N–C) groups is 1. The molecule has 146 valence electrons. The van der Waals surface area contributed by atoms with Crippen LogP contribution in [0.1, 0.15) is 58.8 Å². The smallest absolute Gasteiger partial charge is 0.243 e. The van der Waals surface area contributed by atoms with Crippen LogP contribution in [-0.2, 0) is 9.53 Å². The van der Waals surface area contributed by atoms with Crippen molar-refractivity contribution in [2.75, 3.05) is 40.3 Å². The van der Waals surface area contributed by atoms with Crippen LogP contribution in [0.5, 0.6) is 0 Å². The Balaban J connectivity index is 2.53. The van der Waals surface area contributed by atoms with Gasteiger partial charge in [0, 0.05) is 33.8 Å². The highest BCUT2D eigenvalue weighted by Gasteiger charge is 2.15. The number of hydrogen-bond donors (Lipinski definition) is 2. The molecule has 0 aliphatic carbocycles. The number of nitrogens with zero attached hydrogens (tertiary/aromatic N) is 2. The minimum absolute atomic E-state index is 0.00745. The molecule has 6 heteroatoms. The van der Waals surface area contributed by atoms with E-state index in [1.165, 1.54) is 25.7 Å². The Morgan fingerprint density at radius 2 is 2.08 bits per heavy atom. The molecule has 2 N–H and O–H groups in total. The van der Waals surface area contributed by atoms with Gasteiger partial charge in [-0.15, -0.1) is 0 Å². The Morgan fingerprint density at radius 3 is 2.68 bits per heavy atom. The van der Waals surface area contributed by atoms with Crippen molar-refractivity contribution in [3.63, 3.8) is 0 Å². The van der Waals surface area contributed by atoms with Crippen molar-refractivity contribution in [2.45, 2.75) is 64.9 Å². The van der Waals surface area contributed by atoms with Gasteiger partial charge in [-0.05, 0) is 31.6 Å². The monoisotopic (exact) mass is 354 g/mol. The van der Waals surface area contributed by atoms with Gasteiger partial charge in [0.15, 0.2) is 5.96 Å². The van der Waals surface area contributed by atoms with E-state index in [1.54, 1.807) is 19.0 Å². The summed E-state index contributed by atoms with van der Waals surface area (Å²) in [6.07, 6.45) is 8.58. The minimum atomic E-state index is 0.00745. The summed E-state index contributed by atoms with van der Waals surface area (Å²) in [7, 11) is 3.51. The zero-order valence-corrected chi connectivity index (χ0v) is 16.6. The van der Waals surface area contributed by atoms with E-state index in [0.717, 1.165) is 44.9 Å². The zero-order chi connectivity index (χ0) is 18.5. The first kappa shape index (κ1) is 21.7. The number of rotatable bonds is 10. The topological polar surface area (TPSA) is 66.0 Å². The lowest BCUT2D eigenvalue weighted by Crippen LogP contribution is -2.44. The highest BCUT2D eigenvalue weighted by Crippen LogP contribution is 2.12. The summed E-state index contributed by atoms with van der Waals surface area (Å²) >= 11 is 0. The van der Waals surface area contributed by atoms with Crippen molar-refractivity contribution in [3.05, 3.63) is 0 Å². The normalized spacial score (nSPS) is 19.4. The van der Waals surface area contributed by atoms with Crippen LogP contribution in [0.15, 0.2) is 4.99 Å². The Bertz CT molecular complexity index is 393. The molecule has 1 saturated heterocycles. The number of likely N-dealkylation sites (N-methyl/N-ethyl adjacent to an activating group) is 1. The molecule has 0 saturated carbocycles. The van der Waals surface area contributed by atoms with Gasteiger partial charge in [0.25, 0.3) is 0 Å². The number of carbonyl (C=O) groups excluding carboxylic acids is 1. The molecule has 1 heterocycles. The maximum absolute atomic E-state index is 11.8. The van der Waals surface area contributed by atoms with Gasteiger partial charge >= 0.3 is 0 Å². The average Bonchev–Trinajstić information content (AvgIpc) is 2.63. The second-order valence-electron chi connectivity index (χ2n) is 7.12. The summed E-state index contributed by atoms with van der Waals surface area (Å²) in [5.41, 5.74) is 0. The number of amides is 1. The highest BCUT2D eigenvalue weighted by atomic mass is 16.5. The molecular weight excluding hydrogens is 316 g/mol. The van der Waals surface area contributed by atoms with Gasteiger partial charge in [0.05, 0.1) is 6.10 Å². The van der Waals surface area contributed by atoms with Crippen LogP contribution in [0.25, 0.3) is 0 Å². The van der Waals surface area contributed by atoms with Crippen LogP contribution in [0.2, 0.25) is 0 Å². The van der Waals surface area contributed by atoms with E-state index in [0.29, 0.717) is 5.92 Å². The van der Waals surface area contributed by atoms with Crippen molar-refractivity contribution in [2.24, 2.45) is 10.9 Å². The Hall–Kier alpha value is -1.30. The maximum Gasteiger partial charge on any atom is 0.243 e. The summed E-state index contributed by atoms with van der Waals surface area (Å²) in [6.45, 7) is 7.11. The third-order valence-electron chi connectivity index (χ3n) is 4.74. The third-order valence-corrected chi connectivity index (χ3v) is 4.74. The molecule has 6 nitrogen and oxygen atoms in total. The first-order chi connectivity index (χ1) is 12.1. The lowest BCUT2D eigenvalue weighted by atomic mass is 9.99. The molecule has 1 aliphatic rings. The van der Waals surface area contributed by atoms with Crippen molar-refractivity contribution in [1.29, 1.82) is 0 Å². The first-order valence-corrected chi connectivity index (χ1v) is 9.90. The van der Waals surface area contributed by atoms with Gasteiger partial charge < -0.3 is 20.3 Å². The number of ether oxygens (including phenoxy) is 1. The van der Waals surface area contributed by atoms with Gasteiger partial charge in [-0.25, -0.2) is 4.99 Å². The lowest BCUT2D eigenvalue weighted by Gasteiger charge is -2.24. The van der Waals surface area contributed by atoms with E-state index in [2.05, 4.69) is 29.5 Å². The summed E-state index contributed by atoms with van der Waals surface area (Å²) in [6, 6.07) is 0. The van der Waals surface area contributed by atoms with E-state index >= 15 is 0 Å². The van der Waals surface area contributed by atoms with Crippen molar-refractivity contribution in [3.8, 4) is 0 Å². The molecule has 0 aromatic rings. The van der Waals surface area contributed by atoms with Crippen molar-refractivity contribution < 1.29 is 9.53 Å². The van der Waals surface area contributed by atoms with Gasteiger partial charge in [-0.1, -0.05) is 33.1 Å². The Labute approximate surface area is 153 Å². The predicted octanol–water partition coefficient (Wildman–Crippen LogP) is 2.40. The highest BCUT2D eigenvalue weighted by molar-refractivity contribution is 5.84. The Morgan fingerprint density at radius 1 is 1.28 bits per heavy atom. The summed E-state index contributed by atoms with van der Waals surface area (Å²) in [4.78, 5) is 17.9. The Kier molecular flexibility index (Phi) is 11.3. The third kappa shape index (κ3) is 9.68. The fourth-order valence-corrected chi connectivity index (χ4v) is 2.83. The van der Waals surface area contributed by atoms with E-state index in [-0.39, 0.29) is 18.6 Å². The van der Waals surface area contributed by atoms with Gasteiger partial charge in [0.1, 0.15) is 6.54 Å². The first-order valence-electron chi connectivity index (χ1n) is 9.90. The molecule has 0 radical (unpaired) electrons. The summed E-state index contributed by atoms with van der Waals surface area (Å²) in [5, 5.41) is 6.79. The molecule has 1 rings (SSSR count). The van der Waals surface area contributed by atoms with Gasteiger partial charge in [-0.2, -0.15) is 0 Å². The second kappa shape index (κ2) is 13.0. The van der Waals surface area contributed by atoms with E-state index in [9.17, 15) is 4.79 Å². The van der Waals surface area contributed by atoms with Crippen molar-refractivity contribution in [1.82, 2.24) is 15.5 Å². The fraction of sp³-hybridized carbons (Fsp3) is 0.895. The average molecular weight is 355 g/mol. The van der Waals surface area contributed by atoms with Gasteiger partial charge in [-0.3, -0.25) is 4.79 Å². The number of carbonyl (C=O) groups is 1. The quantitative estimate of drug-likeness (QED) is 0.467. The molecular formula is C19H38N4O2. The number of hydrogen-bond acceptors (Lipinski definition) is 3. The molecule has 0 bridgehead atoms. The molecule has 0 spiro atoms. The van der Waals surface area contributed by atoms with Crippen LogP contribution in [0.4, 0.5) is 0 Å². The van der Waals surface area contributed by atoms with Crippen LogP contribution in [0.3, 0.4) is 0 Å². The second-order valence-corrected chi connectivity index (χ2v) is 7.12. The standard InChI is InChI=1S/C19H38N4O2/c1-5-7-10-16(6-2)13-20-19(22-15-18(24)23(3)4)21-14-17-11-8-9-12-25-17/h16-17H,5-15H2,1-4H3,(H2,20,21,22). The molecule has 2 atom stereocenters. The zero-order valence-electron chi connectivity index (χ0n) is 16.6. The molecule has 1 amide bonds. The van der Waals surface area contributed by atoms with E-state index in [4.69, 9.17) is 4.74 Å². The molecule has 25 heavy (non-hydrogen) atoms. The molecule has 0 aromatic heterocycles. The lowest BCUT2D eigenvalue weighted by molar-refractivity contribution is -0.127. The predicted molar refractivity (Wildman–Crippen MR) is 104 cm³/mol. The maximum atomic E-state index is 11.8. The molecule has 1 fully saturated rings. The molecule has 1 aliphatic heterocycles. The van der Waals surface area contributed by atoms with E-state index < -0.39 is 0 Å². The largest absolute Gasteiger partial charge is 0.376 e. The van der Waals surface area contributed by atoms with Crippen LogP contribution < -0.4 is 10.6 Å². The summed E-state index contributed by atoms with van der Waals surface area (Å²) in [5.74, 6) is 1.37. The number of nitrogens with one attached hydrogen (secondary N) is 2. The summed E-state index contributed by atoms with van der Waals surface area (Å²) < 4.78 is 5.77. The number of guanidine groups is 1. The SMILES string of the molecule is CCCCC(CC)CNC(=NCC(=O)N(C)C)NCC1CCCCO1. The van der Waals surface area contributed by atoms with Crippen molar-refractivity contribution >= 4 is 11.9 Å². The number of unbranched alkanes of at least 4 members (excludes halogenated alkanes) is 1. The van der Waals surface area contributed by atoms with Crippen LogP contribution in [0, 0.1) is 5.92 Å².